The molecule has 2 aromatic carbocycles. The number of nitrogens with one attached hydrogen (secondary N) is 1. The van der Waals surface area contributed by atoms with Crippen LogP contribution in [0.3, 0.4) is 0 Å². The summed E-state index contributed by atoms with van der Waals surface area (Å²) >= 11 is 0. The first-order valence-electron chi connectivity index (χ1n) is 10.6. The third-order valence-electron chi connectivity index (χ3n) is 5.69. The Bertz CT molecular complexity index is 1180. The van der Waals surface area contributed by atoms with E-state index in [2.05, 4.69) is 0 Å². The fourth-order valence-corrected chi connectivity index (χ4v) is 4.60. The highest BCUT2D eigenvalue weighted by Gasteiger charge is 2.46. The number of ketones is 1. The van der Waals surface area contributed by atoms with Crippen molar-refractivity contribution in [1.29, 1.82) is 0 Å². The molecule has 3 rings (SSSR count). The lowest BCUT2D eigenvalue weighted by Gasteiger charge is -2.25. The van der Waals surface area contributed by atoms with Gasteiger partial charge in [0, 0.05) is 19.7 Å². The minimum atomic E-state index is -3.64. The minimum Gasteiger partial charge on any atom is -0.507 e. The summed E-state index contributed by atoms with van der Waals surface area (Å²) in [5.41, 5.74) is 2.02. The summed E-state index contributed by atoms with van der Waals surface area (Å²) in [7, 11) is 3.15. The molecule has 176 valence electrons. The number of rotatable bonds is 7. The topological polar surface area (TPSA) is 99.4 Å². The predicted molar refractivity (Wildman–Crippen MR) is 125 cm³/mol. The van der Waals surface area contributed by atoms with Gasteiger partial charge in [0.1, 0.15) is 5.76 Å². The largest absolute Gasteiger partial charge is 0.507 e. The second kappa shape index (κ2) is 9.46. The monoisotopic (exact) mass is 472 g/mol. The van der Waals surface area contributed by atoms with Crippen molar-refractivity contribution in [2.45, 2.75) is 17.9 Å². The highest BCUT2D eigenvalue weighted by atomic mass is 32.2. The van der Waals surface area contributed by atoms with Crippen LogP contribution < -0.4 is 4.90 Å². The van der Waals surface area contributed by atoms with E-state index >= 15 is 0 Å². The number of aryl methyl sites for hydroxylation is 1. The van der Waals surface area contributed by atoms with E-state index in [1.807, 2.05) is 45.3 Å². The molecule has 0 aliphatic carbocycles. The number of aliphatic hydroxyl groups is 1. The molecule has 0 spiro atoms. The number of likely N-dealkylation sites (tertiary alicyclic amines) is 1. The molecule has 2 aromatic rings. The van der Waals surface area contributed by atoms with Crippen molar-refractivity contribution >= 4 is 27.5 Å². The SMILES string of the molecule is Cc1ccc(C2C(=C(O)c3ccc(S(=O)(=O)N(C)C)cc3)C(=O)C(=O)N2CC[NH+](C)C)cc1. The lowest BCUT2D eigenvalue weighted by atomic mass is 9.95. The first-order chi connectivity index (χ1) is 15.4. The second-order valence-corrected chi connectivity index (χ2v) is 10.8. The summed E-state index contributed by atoms with van der Waals surface area (Å²) < 4.78 is 25.8. The van der Waals surface area contributed by atoms with E-state index in [-0.39, 0.29) is 21.8 Å². The highest BCUT2D eigenvalue weighted by Crippen LogP contribution is 2.39. The van der Waals surface area contributed by atoms with E-state index in [1.165, 1.54) is 43.3 Å². The van der Waals surface area contributed by atoms with Crippen LogP contribution in [0.5, 0.6) is 0 Å². The van der Waals surface area contributed by atoms with Crippen LogP contribution in [-0.4, -0.2) is 75.7 Å². The Balaban J connectivity index is 2.11. The molecule has 1 fully saturated rings. The van der Waals surface area contributed by atoms with Crippen molar-refractivity contribution in [1.82, 2.24) is 9.21 Å². The summed E-state index contributed by atoms with van der Waals surface area (Å²) in [6.07, 6.45) is 0. The van der Waals surface area contributed by atoms with Crippen molar-refractivity contribution in [2.24, 2.45) is 0 Å². The number of benzene rings is 2. The molecular weight excluding hydrogens is 442 g/mol. The summed E-state index contributed by atoms with van der Waals surface area (Å²) in [6.45, 7) is 2.92. The zero-order valence-electron chi connectivity index (χ0n) is 19.5. The van der Waals surface area contributed by atoms with Gasteiger partial charge in [-0.1, -0.05) is 29.8 Å². The molecule has 0 radical (unpaired) electrons. The summed E-state index contributed by atoms with van der Waals surface area (Å²) in [5.74, 6) is -1.74. The number of hydrogen-bond donors (Lipinski definition) is 2. The van der Waals surface area contributed by atoms with Gasteiger partial charge in [-0.05, 0) is 36.8 Å². The standard InChI is InChI=1S/C24H29N3O5S/c1-16-6-8-17(9-7-16)21-20(23(29)24(30)27(21)15-14-25(2)3)22(28)18-10-12-19(13-11-18)33(31,32)26(4)5/h6-13,21,28H,14-15H2,1-5H3/p+1. The first-order valence-corrected chi connectivity index (χ1v) is 12.1. The van der Waals surface area contributed by atoms with Crippen molar-refractivity contribution in [3.63, 3.8) is 0 Å². The third kappa shape index (κ3) is 4.85. The summed E-state index contributed by atoms with van der Waals surface area (Å²) in [6, 6.07) is 12.4. The number of hydrogen-bond acceptors (Lipinski definition) is 5. The van der Waals surface area contributed by atoms with E-state index in [1.54, 1.807) is 0 Å². The first kappa shape index (κ1) is 24.6. The number of carbonyl (C=O) groups is 2. The van der Waals surface area contributed by atoms with E-state index in [0.717, 1.165) is 20.3 Å². The van der Waals surface area contributed by atoms with Gasteiger partial charge in [0.25, 0.3) is 11.7 Å². The van der Waals surface area contributed by atoms with Gasteiger partial charge in [-0.15, -0.1) is 0 Å². The molecule has 0 aromatic heterocycles. The van der Waals surface area contributed by atoms with Crippen LogP contribution in [0.1, 0.15) is 22.7 Å². The van der Waals surface area contributed by atoms with Gasteiger partial charge in [-0.3, -0.25) is 9.59 Å². The average Bonchev–Trinajstić information content (AvgIpc) is 3.02. The Hall–Kier alpha value is -3.01. The van der Waals surface area contributed by atoms with Gasteiger partial charge in [-0.25, -0.2) is 12.7 Å². The fourth-order valence-electron chi connectivity index (χ4n) is 3.70. The quantitative estimate of drug-likeness (QED) is 0.353. The molecule has 0 saturated carbocycles. The van der Waals surface area contributed by atoms with E-state index < -0.39 is 27.8 Å². The molecule has 9 heteroatoms. The van der Waals surface area contributed by atoms with Gasteiger partial charge in [0.05, 0.1) is 43.7 Å². The maximum absolute atomic E-state index is 13.0. The number of aliphatic hydroxyl groups excluding tert-OH is 1. The molecule has 1 heterocycles. The van der Waals surface area contributed by atoms with E-state index in [9.17, 15) is 23.1 Å². The number of sulfonamides is 1. The second-order valence-electron chi connectivity index (χ2n) is 8.67. The lowest BCUT2D eigenvalue weighted by molar-refractivity contribution is -0.857. The summed E-state index contributed by atoms with van der Waals surface area (Å²) in [5, 5.41) is 11.1. The molecule has 1 saturated heterocycles. The molecule has 1 aliphatic rings. The third-order valence-corrected chi connectivity index (χ3v) is 7.52. The summed E-state index contributed by atoms with van der Waals surface area (Å²) in [4.78, 5) is 28.6. The Morgan fingerprint density at radius 2 is 1.61 bits per heavy atom. The van der Waals surface area contributed by atoms with Gasteiger partial charge in [0.2, 0.25) is 10.0 Å². The minimum absolute atomic E-state index is 0.000765. The molecular formula is C24H30N3O5S+. The number of carbonyl (C=O) groups excluding carboxylic acids is 2. The van der Waals surface area contributed by atoms with Crippen LogP contribution in [0.25, 0.3) is 5.76 Å². The molecule has 1 atom stereocenters. The molecule has 1 aliphatic heterocycles. The zero-order valence-corrected chi connectivity index (χ0v) is 20.3. The van der Waals surface area contributed by atoms with Crippen molar-refractivity contribution < 1.29 is 28.0 Å². The maximum atomic E-state index is 13.0. The van der Waals surface area contributed by atoms with Crippen LogP contribution in [0.15, 0.2) is 59.0 Å². The van der Waals surface area contributed by atoms with Crippen molar-refractivity contribution in [2.75, 3.05) is 41.3 Å². The number of quaternary nitrogens is 1. The van der Waals surface area contributed by atoms with Crippen LogP contribution in [-0.2, 0) is 19.6 Å². The average molecular weight is 473 g/mol. The van der Waals surface area contributed by atoms with Crippen LogP contribution in [0.4, 0.5) is 0 Å². The molecule has 33 heavy (non-hydrogen) atoms. The van der Waals surface area contributed by atoms with E-state index in [0.29, 0.717) is 13.1 Å². The van der Waals surface area contributed by atoms with E-state index in [4.69, 9.17) is 0 Å². The van der Waals surface area contributed by atoms with Crippen molar-refractivity contribution in [3.8, 4) is 0 Å². The number of amides is 1. The van der Waals surface area contributed by atoms with Gasteiger partial charge >= 0.3 is 0 Å². The Kier molecular flexibility index (Phi) is 7.06. The number of likely N-dealkylation sites (N-methyl/N-ethyl adjacent to an activating group) is 1. The molecule has 8 nitrogen and oxygen atoms in total. The maximum Gasteiger partial charge on any atom is 0.295 e. The van der Waals surface area contributed by atoms with Crippen LogP contribution >= 0.6 is 0 Å². The van der Waals surface area contributed by atoms with Crippen molar-refractivity contribution in [3.05, 3.63) is 70.8 Å². The molecule has 0 bridgehead atoms. The Labute approximate surface area is 194 Å². The van der Waals surface area contributed by atoms with Crippen LogP contribution in [0.2, 0.25) is 0 Å². The molecule has 2 N–H and O–H groups in total. The van der Waals surface area contributed by atoms with Gasteiger partial charge < -0.3 is 14.9 Å². The van der Waals surface area contributed by atoms with Gasteiger partial charge in [-0.2, -0.15) is 0 Å². The normalized spacial score (nSPS) is 18.5. The highest BCUT2D eigenvalue weighted by molar-refractivity contribution is 7.89. The molecule has 1 unspecified atom stereocenters. The Morgan fingerprint density at radius 1 is 1.03 bits per heavy atom. The fraction of sp³-hybridized carbons (Fsp3) is 0.333. The molecule has 1 amide bonds. The predicted octanol–water partition coefficient (Wildman–Crippen LogP) is 0.812. The Morgan fingerprint density at radius 3 is 2.12 bits per heavy atom. The zero-order chi connectivity index (χ0) is 24.5. The van der Waals surface area contributed by atoms with Crippen LogP contribution in [0, 0.1) is 6.92 Å². The number of Topliss-reactive ketones (excluding diaryl/α,β-unsaturated/α-hetero) is 1. The number of nitrogens with zero attached hydrogens (tertiary/aromatic N) is 2. The lowest BCUT2D eigenvalue weighted by Crippen LogP contribution is -3.06. The van der Waals surface area contributed by atoms with Gasteiger partial charge in [0.15, 0.2) is 0 Å². The smallest absolute Gasteiger partial charge is 0.295 e.